The molecule has 2 atom stereocenters. The molecule has 0 bridgehead atoms. The van der Waals surface area contributed by atoms with Crippen LogP contribution in [0.4, 0.5) is 4.79 Å². The smallest absolute Gasteiger partial charge is 0.450 e. The summed E-state index contributed by atoms with van der Waals surface area (Å²) in [5.74, 6) is -0.697. The van der Waals surface area contributed by atoms with E-state index in [-0.39, 0.29) is 11.6 Å². The third-order valence-corrected chi connectivity index (χ3v) is 2.91. The molecule has 0 spiro atoms. The molecule has 0 fully saturated rings. The average molecular weight is 262 g/mol. The van der Waals surface area contributed by atoms with Gasteiger partial charge in [0.2, 0.25) is 5.06 Å². The number of nitrogens with zero attached hydrogens (tertiary/aromatic N) is 1. The SMILES string of the molecule is CC(C)C1C=C([N+](=O)[O-])C=CC1(Cl)OC(=O)O. The molecular formula is C10H12ClNO5. The van der Waals surface area contributed by atoms with Crippen LogP contribution in [0.25, 0.3) is 0 Å². The molecule has 0 heterocycles. The summed E-state index contributed by atoms with van der Waals surface area (Å²) >= 11 is 6.04. The van der Waals surface area contributed by atoms with Gasteiger partial charge >= 0.3 is 6.16 Å². The number of hydrogen-bond donors (Lipinski definition) is 1. The minimum Gasteiger partial charge on any atom is -0.450 e. The first-order chi connectivity index (χ1) is 7.76. The maximum atomic E-state index is 10.6. The van der Waals surface area contributed by atoms with Crippen LogP contribution in [0.3, 0.4) is 0 Å². The number of nitro groups is 1. The molecule has 1 aliphatic carbocycles. The maximum absolute atomic E-state index is 10.6. The van der Waals surface area contributed by atoms with E-state index < -0.39 is 22.1 Å². The Labute approximate surface area is 103 Å². The van der Waals surface area contributed by atoms with Crippen molar-refractivity contribution < 1.29 is 19.6 Å². The van der Waals surface area contributed by atoms with Gasteiger partial charge in [0, 0.05) is 18.1 Å². The molecule has 0 saturated heterocycles. The lowest BCUT2D eigenvalue weighted by Crippen LogP contribution is -2.39. The fraction of sp³-hybridized carbons (Fsp3) is 0.500. The minimum atomic E-state index is -1.58. The molecule has 1 N–H and O–H groups in total. The van der Waals surface area contributed by atoms with Crippen LogP contribution in [0, 0.1) is 22.0 Å². The number of alkyl halides is 1. The van der Waals surface area contributed by atoms with Gasteiger partial charge in [0.1, 0.15) is 0 Å². The van der Waals surface area contributed by atoms with Crippen LogP contribution >= 0.6 is 11.6 Å². The lowest BCUT2D eigenvalue weighted by Gasteiger charge is -2.33. The van der Waals surface area contributed by atoms with Gasteiger partial charge in [-0.2, -0.15) is 0 Å². The summed E-state index contributed by atoms with van der Waals surface area (Å²) < 4.78 is 4.61. The minimum absolute atomic E-state index is 0.105. The van der Waals surface area contributed by atoms with Crippen molar-refractivity contribution in [3.8, 4) is 0 Å². The lowest BCUT2D eigenvalue weighted by molar-refractivity contribution is -0.420. The van der Waals surface area contributed by atoms with Crippen molar-refractivity contribution in [2.24, 2.45) is 11.8 Å². The Morgan fingerprint density at radius 1 is 1.71 bits per heavy atom. The molecule has 0 aliphatic heterocycles. The molecule has 1 aliphatic rings. The van der Waals surface area contributed by atoms with Gasteiger partial charge in [0.15, 0.2) is 0 Å². The van der Waals surface area contributed by atoms with E-state index in [4.69, 9.17) is 16.7 Å². The van der Waals surface area contributed by atoms with Crippen LogP contribution in [0.2, 0.25) is 0 Å². The van der Waals surface area contributed by atoms with Crippen molar-refractivity contribution in [2.45, 2.75) is 18.9 Å². The zero-order valence-corrected chi connectivity index (χ0v) is 10.0. The second-order valence-corrected chi connectivity index (χ2v) is 4.61. The molecule has 7 heteroatoms. The number of carboxylic acid groups (broad SMARTS) is 1. The van der Waals surface area contributed by atoms with Gasteiger partial charge in [-0.3, -0.25) is 10.1 Å². The summed E-state index contributed by atoms with van der Waals surface area (Å²) in [5.41, 5.74) is -0.117. The summed E-state index contributed by atoms with van der Waals surface area (Å²) in [6.45, 7) is 3.56. The van der Waals surface area contributed by atoms with Gasteiger partial charge in [0.05, 0.1) is 4.92 Å². The van der Waals surface area contributed by atoms with Crippen molar-refractivity contribution >= 4 is 17.8 Å². The first-order valence-corrected chi connectivity index (χ1v) is 5.30. The van der Waals surface area contributed by atoms with E-state index >= 15 is 0 Å². The first kappa shape index (κ1) is 13.5. The molecule has 0 aromatic carbocycles. The zero-order valence-electron chi connectivity index (χ0n) is 9.29. The third kappa shape index (κ3) is 2.97. The molecule has 17 heavy (non-hydrogen) atoms. The van der Waals surface area contributed by atoms with E-state index in [1.807, 2.05) is 0 Å². The highest BCUT2D eigenvalue weighted by atomic mass is 35.5. The van der Waals surface area contributed by atoms with Crippen LogP contribution in [-0.4, -0.2) is 21.2 Å². The number of carbonyl (C=O) groups is 1. The van der Waals surface area contributed by atoms with Gasteiger partial charge in [0.25, 0.3) is 5.70 Å². The van der Waals surface area contributed by atoms with E-state index in [0.717, 1.165) is 6.08 Å². The highest BCUT2D eigenvalue weighted by molar-refractivity contribution is 6.25. The summed E-state index contributed by atoms with van der Waals surface area (Å²) in [4.78, 5) is 20.7. The molecule has 94 valence electrons. The summed E-state index contributed by atoms with van der Waals surface area (Å²) in [6.07, 6.45) is 2.15. The Balaban J connectivity index is 3.07. The Bertz CT molecular complexity index is 404. The van der Waals surface area contributed by atoms with E-state index in [1.165, 1.54) is 12.2 Å². The zero-order chi connectivity index (χ0) is 13.2. The topological polar surface area (TPSA) is 89.7 Å². The van der Waals surface area contributed by atoms with E-state index in [9.17, 15) is 14.9 Å². The Morgan fingerprint density at radius 2 is 2.29 bits per heavy atom. The van der Waals surface area contributed by atoms with Gasteiger partial charge in [-0.15, -0.1) is 0 Å². The number of ether oxygens (including phenoxy) is 1. The molecule has 6 nitrogen and oxygen atoms in total. The molecule has 0 aromatic rings. The quantitative estimate of drug-likeness (QED) is 0.365. The van der Waals surface area contributed by atoms with Crippen LogP contribution in [0.5, 0.6) is 0 Å². The molecule has 1 rings (SSSR count). The van der Waals surface area contributed by atoms with Crippen molar-refractivity contribution in [3.05, 3.63) is 34.0 Å². The summed E-state index contributed by atoms with van der Waals surface area (Å²) in [6, 6.07) is 0. The van der Waals surface area contributed by atoms with Crippen LogP contribution in [-0.2, 0) is 4.74 Å². The second kappa shape index (κ2) is 4.75. The normalized spacial score (nSPS) is 27.8. The predicted octanol–water partition coefficient (Wildman–Crippen LogP) is 2.62. The highest BCUT2D eigenvalue weighted by Crippen LogP contribution is 2.39. The van der Waals surface area contributed by atoms with E-state index in [2.05, 4.69) is 4.74 Å². The third-order valence-electron chi connectivity index (χ3n) is 2.46. The first-order valence-electron chi connectivity index (χ1n) is 4.92. The van der Waals surface area contributed by atoms with Gasteiger partial charge in [-0.1, -0.05) is 25.4 Å². The predicted molar refractivity (Wildman–Crippen MR) is 60.2 cm³/mol. The van der Waals surface area contributed by atoms with Crippen molar-refractivity contribution in [1.82, 2.24) is 0 Å². The Morgan fingerprint density at radius 3 is 2.71 bits per heavy atom. The van der Waals surface area contributed by atoms with Crippen molar-refractivity contribution in [3.63, 3.8) is 0 Å². The monoisotopic (exact) mass is 261 g/mol. The highest BCUT2D eigenvalue weighted by Gasteiger charge is 2.43. The lowest BCUT2D eigenvalue weighted by atomic mass is 9.85. The summed E-state index contributed by atoms with van der Waals surface area (Å²) in [7, 11) is 0. The number of allylic oxidation sites excluding steroid dienone is 1. The summed E-state index contributed by atoms with van der Waals surface area (Å²) in [5, 5.41) is 17.7. The Kier molecular flexibility index (Phi) is 3.77. The molecular weight excluding hydrogens is 250 g/mol. The standard InChI is InChI=1S/C10H12ClNO5/c1-6(2)8-5-7(12(15)16)3-4-10(8,11)17-9(13)14/h3-6,8H,1-2H3,(H,13,14). The second-order valence-electron chi connectivity index (χ2n) is 4.02. The fourth-order valence-corrected chi connectivity index (χ4v) is 2.11. The number of halogens is 1. The molecule has 0 saturated carbocycles. The van der Waals surface area contributed by atoms with Crippen LogP contribution in [0.1, 0.15) is 13.8 Å². The van der Waals surface area contributed by atoms with Gasteiger partial charge in [-0.05, 0) is 12.0 Å². The fourth-order valence-electron chi connectivity index (χ4n) is 1.67. The molecule has 0 radical (unpaired) electrons. The van der Waals surface area contributed by atoms with Crippen LogP contribution in [0.15, 0.2) is 23.9 Å². The van der Waals surface area contributed by atoms with Crippen molar-refractivity contribution in [1.29, 1.82) is 0 Å². The van der Waals surface area contributed by atoms with E-state index in [1.54, 1.807) is 13.8 Å². The largest absolute Gasteiger partial charge is 0.507 e. The molecule has 2 unspecified atom stereocenters. The molecule has 0 amide bonds. The molecule has 0 aromatic heterocycles. The number of rotatable bonds is 3. The number of hydrogen-bond acceptors (Lipinski definition) is 4. The van der Waals surface area contributed by atoms with E-state index in [0.29, 0.717) is 0 Å². The van der Waals surface area contributed by atoms with Gasteiger partial charge < -0.3 is 9.84 Å². The van der Waals surface area contributed by atoms with Gasteiger partial charge in [-0.25, -0.2) is 4.79 Å². The average Bonchev–Trinajstić information content (AvgIpc) is 2.15. The van der Waals surface area contributed by atoms with Crippen molar-refractivity contribution in [2.75, 3.05) is 0 Å². The maximum Gasteiger partial charge on any atom is 0.507 e. The Hall–Kier alpha value is -1.56. The van der Waals surface area contributed by atoms with Crippen LogP contribution < -0.4 is 0 Å².